The maximum absolute atomic E-state index is 12.4. The molecule has 1 amide bonds. The van der Waals surface area contributed by atoms with Crippen molar-refractivity contribution < 1.29 is 17.9 Å². The molecule has 25 heavy (non-hydrogen) atoms. The van der Waals surface area contributed by atoms with Gasteiger partial charge in [-0.2, -0.15) is 0 Å². The maximum Gasteiger partial charge on any atom is 0.251 e. The molecule has 1 aliphatic rings. The first-order valence-corrected chi connectivity index (χ1v) is 9.52. The molecule has 1 saturated heterocycles. The molecular weight excluding hydrogens is 366 g/mol. The highest BCUT2D eigenvalue weighted by molar-refractivity contribution is 7.89. The molecule has 2 unspecified atom stereocenters. The summed E-state index contributed by atoms with van der Waals surface area (Å²) in [5.41, 5.74) is 0.343. The van der Waals surface area contributed by atoms with Crippen molar-refractivity contribution in [3.05, 3.63) is 29.8 Å². The minimum Gasteiger partial charge on any atom is -0.383 e. The lowest BCUT2D eigenvalue weighted by Crippen LogP contribution is -2.48. The van der Waals surface area contributed by atoms with Crippen LogP contribution >= 0.6 is 12.4 Å². The van der Waals surface area contributed by atoms with Crippen molar-refractivity contribution in [2.24, 2.45) is 5.92 Å². The summed E-state index contributed by atoms with van der Waals surface area (Å²) in [6.07, 6.45) is 0.865. The van der Waals surface area contributed by atoms with Crippen molar-refractivity contribution in [3.63, 3.8) is 0 Å². The van der Waals surface area contributed by atoms with Gasteiger partial charge in [-0.1, -0.05) is 13.0 Å². The van der Waals surface area contributed by atoms with Crippen LogP contribution in [0.4, 0.5) is 0 Å². The Morgan fingerprint density at radius 2 is 2.16 bits per heavy atom. The molecule has 2 atom stereocenters. The van der Waals surface area contributed by atoms with Gasteiger partial charge in [0.1, 0.15) is 0 Å². The molecule has 1 fully saturated rings. The molecule has 9 heteroatoms. The topological polar surface area (TPSA) is 96.5 Å². The van der Waals surface area contributed by atoms with E-state index in [1.807, 2.05) is 0 Å². The Morgan fingerprint density at radius 3 is 2.84 bits per heavy atom. The average Bonchev–Trinajstić information content (AvgIpc) is 2.57. The first kappa shape index (κ1) is 21.9. The molecule has 0 radical (unpaired) electrons. The number of nitrogens with one attached hydrogen (secondary N) is 3. The van der Waals surface area contributed by atoms with Crippen molar-refractivity contribution in [3.8, 4) is 0 Å². The lowest BCUT2D eigenvalue weighted by Gasteiger charge is -2.30. The lowest BCUT2D eigenvalue weighted by atomic mass is 9.95. The Bertz CT molecular complexity index is 669. The summed E-state index contributed by atoms with van der Waals surface area (Å²) >= 11 is 0. The second kappa shape index (κ2) is 10.1. The predicted octanol–water partition coefficient (Wildman–Crippen LogP) is 0.761. The number of halogens is 1. The van der Waals surface area contributed by atoms with Crippen LogP contribution in [0.25, 0.3) is 0 Å². The number of carbonyl (C=O) groups excluding carboxylic acids is 1. The normalized spacial score (nSPS) is 20.6. The number of carbonyl (C=O) groups is 1. The van der Waals surface area contributed by atoms with Crippen molar-refractivity contribution >= 4 is 28.3 Å². The van der Waals surface area contributed by atoms with Crippen molar-refractivity contribution in [1.29, 1.82) is 0 Å². The van der Waals surface area contributed by atoms with E-state index in [0.29, 0.717) is 11.5 Å². The molecule has 0 aromatic heterocycles. The minimum absolute atomic E-state index is 0. The van der Waals surface area contributed by atoms with Gasteiger partial charge in [0, 0.05) is 25.3 Å². The molecular formula is C16H26ClN3O4S. The number of hydrogen-bond donors (Lipinski definition) is 3. The van der Waals surface area contributed by atoms with E-state index in [9.17, 15) is 13.2 Å². The molecule has 142 valence electrons. The third kappa shape index (κ3) is 6.23. The Hall–Kier alpha value is -1.19. The standard InChI is InChI=1S/C16H25N3O4S.ClH/c1-12-11-17-7-6-15(12)19-16(20)13-4-3-5-14(10-13)24(21,22)18-8-9-23-2;/h3-5,10,12,15,17-18H,6-9,11H2,1-2H3,(H,19,20);1H. The fraction of sp³-hybridized carbons (Fsp3) is 0.562. The van der Waals surface area contributed by atoms with Gasteiger partial charge < -0.3 is 15.4 Å². The van der Waals surface area contributed by atoms with Crippen LogP contribution in [0.1, 0.15) is 23.7 Å². The zero-order valence-electron chi connectivity index (χ0n) is 14.4. The van der Waals surface area contributed by atoms with Gasteiger partial charge in [-0.25, -0.2) is 13.1 Å². The maximum atomic E-state index is 12.4. The number of rotatable bonds is 7. The van der Waals surface area contributed by atoms with E-state index in [1.54, 1.807) is 12.1 Å². The van der Waals surface area contributed by atoms with Gasteiger partial charge in [-0.15, -0.1) is 12.4 Å². The number of amides is 1. The highest BCUT2D eigenvalue weighted by Gasteiger charge is 2.23. The second-order valence-electron chi connectivity index (χ2n) is 5.97. The first-order chi connectivity index (χ1) is 11.4. The highest BCUT2D eigenvalue weighted by atomic mass is 35.5. The van der Waals surface area contributed by atoms with Gasteiger partial charge >= 0.3 is 0 Å². The van der Waals surface area contributed by atoms with Crippen molar-refractivity contribution in [2.45, 2.75) is 24.3 Å². The van der Waals surface area contributed by atoms with E-state index in [1.165, 1.54) is 19.2 Å². The number of benzene rings is 1. The summed E-state index contributed by atoms with van der Waals surface area (Å²) in [4.78, 5) is 12.5. The molecule has 0 bridgehead atoms. The molecule has 1 aromatic rings. The zero-order chi connectivity index (χ0) is 17.6. The average molecular weight is 392 g/mol. The number of hydrogen-bond acceptors (Lipinski definition) is 5. The summed E-state index contributed by atoms with van der Waals surface area (Å²) in [6, 6.07) is 6.16. The Balaban J connectivity index is 0.00000312. The van der Waals surface area contributed by atoms with E-state index in [0.717, 1.165) is 19.5 Å². The van der Waals surface area contributed by atoms with Crippen LogP contribution in [0.5, 0.6) is 0 Å². The van der Waals surface area contributed by atoms with Crippen molar-refractivity contribution in [1.82, 2.24) is 15.4 Å². The molecule has 0 saturated carbocycles. The van der Waals surface area contributed by atoms with Crippen LogP contribution in [0, 0.1) is 5.92 Å². The van der Waals surface area contributed by atoms with E-state index in [-0.39, 0.29) is 42.4 Å². The largest absolute Gasteiger partial charge is 0.383 e. The molecule has 2 rings (SSSR count). The monoisotopic (exact) mass is 391 g/mol. The van der Waals surface area contributed by atoms with E-state index >= 15 is 0 Å². The van der Waals surface area contributed by atoms with Gasteiger partial charge in [-0.3, -0.25) is 4.79 Å². The first-order valence-electron chi connectivity index (χ1n) is 8.04. The van der Waals surface area contributed by atoms with Crippen LogP contribution in [0.2, 0.25) is 0 Å². The molecule has 3 N–H and O–H groups in total. The predicted molar refractivity (Wildman–Crippen MR) is 98.7 cm³/mol. The van der Waals surface area contributed by atoms with Gasteiger partial charge in [0.25, 0.3) is 5.91 Å². The van der Waals surface area contributed by atoms with Crippen molar-refractivity contribution in [2.75, 3.05) is 33.4 Å². The smallest absolute Gasteiger partial charge is 0.251 e. The number of sulfonamides is 1. The summed E-state index contributed by atoms with van der Waals surface area (Å²) in [5.74, 6) is 0.0908. The third-order valence-corrected chi connectivity index (χ3v) is 5.57. The zero-order valence-corrected chi connectivity index (χ0v) is 16.1. The molecule has 1 aromatic carbocycles. The highest BCUT2D eigenvalue weighted by Crippen LogP contribution is 2.14. The Kier molecular flexibility index (Phi) is 8.81. The molecule has 1 heterocycles. The fourth-order valence-corrected chi connectivity index (χ4v) is 3.70. The minimum atomic E-state index is -3.65. The van der Waals surface area contributed by atoms with Crippen LogP contribution < -0.4 is 15.4 Å². The summed E-state index contributed by atoms with van der Waals surface area (Å²) in [6.45, 7) is 4.28. The number of ether oxygens (including phenoxy) is 1. The quantitative estimate of drug-likeness (QED) is 0.596. The van der Waals surface area contributed by atoms with E-state index in [4.69, 9.17) is 4.74 Å². The number of piperidine rings is 1. The summed E-state index contributed by atoms with van der Waals surface area (Å²) in [7, 11) is -2.15. The van der Waals surface area contributed by atoms with Gasteiger partial charge in [0.15, 0.2) is 0 Å². The third-order valence-electron chi connectivity index (χ3n) is 4.11. The summed E-state index contributed by atoms with van der Waals surface area (Å²) < 4.78 is 31.7. The fourth-order valence-electron chi connectivity index (χ4n) is 2.65. The van der Waals surface area contributed by atoms with Crippen LogP contribution in [0.15, 0.2) is 29.2 Å². The van der Waals surface area contributed by atoms with Crippen LogP contribution in [0.3, 0.4) is 0 Å². The number of methoxy groups -OCH3 is 1. The lowest BCUT2D eigenvalue weighted by molar-refractivity contribution is 0.0914. The van der Waals surface area contributed by atoms with Gasteiger partial charge in [-0.05, 0) is 43.6 Å². The van der Waals surface area contributed by atoms with Crippen LogP contribution in [-0.2, 0) is 14.8 Å². The van der Waals surface area contributed by atoms with Crippen LogP contribution in [-0.4, -0.2) is 53.7 Å². The summed E-state index contributed by atoms with van der Waals surface area (Å²) in [5, 5.41) is 6.28. The van der Waals surface area contributed by atoms with E-state index < -0.39 is 10.0 Å². The SMILES string of the molecule is COCCNS(=O)(=O)c1cccc(C(=O)NC2CCNCC2C)c1.Cl. The Labute approximate surface area is 155 Å². The Morgan fingerprint density at radius 1 is 1.40 bits per heavy atom. The van der Waals surface area contributed by atoms with Gasteiger partial charge in [0.2, 0.25) is 10.0 Å². The molecule has 0 spiro atoms. The second-order valence-corrected chi connectivity index (χ2v) is 7.74. The van der Waals surface area contributed by atoms with Gasteiger partial charge in [0.05, 0.1) is 11.5 Å². The van der Waals surface area contributed by atoms with E-state index in [2.05, 4.69) is 22.3 Å². The molecule has 0 aliphatic carbocycles. The molecule has 1 aliphatic heterocycles. The molecule has 7 nitrogen and oxygen atoms in total.